The summed E-state index contributed by atoms with van der Waals surface area (Å²) in [4.78, 5) is 12.9. The third-order valence-corrected chi connectivity index (χ3v) is 2.16. The maximum Gasteiger partial charge on any atom is 0.243 e. The maximum absolute atomic E-state index is 11.3. The van der Waals surface area contributed by atoms with Crippen LogP contribution in [-0.2, 0) is 4.79 Å². The van der Waals surface area contributed by atoms with Crippen LogP contribution >= 0.6 is 0 Å². The second-order valence-corrected chi connectivity index (χ2v) is 3.57. The zero-order valence-electron chi connectivity index (χ0n) is 9.16. The largest absolute Gasteiger partial charge is 0.347 e. The Morgan fingerprint density at radius 3 is 2.29 bits per heavy atom. The van der Waals surface area contributed by atoms with Crippen molar-refractivity contribution in [2.75, 3.05) is 26.1 Å². The van der Waals surface area contributed by atoms with Crippen LogP contribution in [0.2, 0.25) is 0 Å². The van der Waals surface area contributed by atoms with Crippen molar-refractivity contribution in [2.45, 2.75) is 13.8 Å². The number of carbonyl (C=O) groups is 1. The van der Waals surface area contributed by atoms with Gasteiger partial charge in [-0.3, -0.25) is 9.47 Å². The van der Waals surface area contributed by atoms with Gasteiger partial charge in [-0.2, -0.15) is 0 Å². The molecule has 0 unspecified atom stereocenters. The fraction of sp³-hybridized carbons (Fsp3) is 0.500. The number of carbonyl (C=O) groups excluding carboxylic acids is 1. The highest BCUT2D eigenvalue weighted by Gasteiger charge is 2.05. The van der Waals surface area contributed by atoms with E-state index in [4.69, 9.17) is 0 Å². The standard InChI is InChI=1S/C10H17N3O/c1-8-5-6-9(2)13(8)11-7-10(14)12(3)4/h5-6,11H,7H2,1-4H3. The van der Waals surface area contributed by atoms with Crippen molar-refractivity contribution in [3.63, 3.8) is 0 Å². The summed E-state index contributed by atoms with van der Waals surface area (Å²) in [5.41, 5.74) is 5.28. The van der Waals surface area contributed by atoms with Crippen molar-refractivity contribution >= 4 is 5.91 Å². The minimum absolute atomic E-state index is 0.0671. The first-order chi connectivity index (χ1) is 6.52. The van der Waals surface area contributed by atoms with E-state index >= 15 is 0 Å². The monoisotopic (exact) mass is 195 g/mol. The molecular formula is C10H17N3O. The topological polar surface area (TPSA) is 37.3 Å². The normalized spacial score (nSPS) is 10.0. The summed E-state index contributed by atoms with van der Waals surface area (Å²) < 4.78 is 1.92. The number of hydrogen-bond donors (Lipinski definition) is 1. The van der Waals surface area contributed by atoms with Gasteiger partial charge in [-0.25, -0.2) is 0 Å². The molecule has 0 saturated carbocycles. The quantitative estimate of drug-likeness (QED) is 0.772. The minimum atomic E-state index is 0.0671. The summed E-state index contributed by atoms with van der Waals surface area (Å²) in [6, 6.07) is 4.03. The van der Waals surface area contributed by atoms with Gasteiger partial charge in [0.05, 0.1) is 0 Å². The van der Waals surface area contributed by atoms with Crippen molar-refractivity contribution in [1.82, 2.24) is 9.58 Å². The summed E-state index contributed by atoms with van der Waals surface area (Å²) in [5, 5.41) is 0. The predicted molar refractivity (Wildman–Crippen MR) is 56.8 cm³/mol. The smallest absolute Gasteiger partial charge is 0.243 e. The number of nitrogens with zero attached hydrogens (tertiary/aromatic N) is 2. The molecular weight excluding hydrogens is 178 g/mol. The predicted octanol–water partition coefficient (Wildman–Crippen LogP) is 0.737. The molecule has 0 aliphatic carbocycles. The molecule has 0 radical (unpaired) electrons. The van der Waals surface area contributed by atoms with Crippen molar-refractivity contribution in [3.8, 4) is 0 Å². The van der Waals surface area contributed by atoms with Gasteiger partial charge in [0.25, 0.3) is 0 Å². The minimum Gasteiger partial charge on any atom is -0.347 e. The van der Waals surface area contributed by atoms with Gasteiger partial charge in [-0.1, -0.05) is 0 Å². The zero-order chi connectivity index (χ0) is 10.7. The molecule has 0 aliphatic heterocycles. The zero-order valence-corrected chi connectivity index (χ0v) is 9.16. The molecule has 4 nitrogen and oxygen atoms in total. The number of hydrogen-bond acceptors (Lipinski definition) is 2. The van der Waals surface area contributed by atoms with E-state index in [0.29, 0.717) is 6.54 Å². The Bertz CT molecular complexity index is 309. The van der Waals surface area contributed by atoms with Crippen LogP contribution < -0.4 is 5.43 Å². The Morgan fingerprint density at radius 1 is 1.36 bits per heavy atom. The Hall–Kier alpha value is -1.45. The van der Waals surface area contributed by atoms with E-state index < -0.39 is 0 Å². The lowest BCUT2D eigenvalue weighted by Gasteiger charge is -2.15. The van der Waals surface area contributed by atoms with Gasteiger partial charge < -0.3 is 10.3 Å². The lowest BCUT2D eigenvalue weighted by molar-refractivity contribution is -0.126. The molecule has 0 bridgehead atoms. The molecule has 1 N–H and O–H groups in total. The molecule has 0 fully saturated rings. The maximum atomic E-state index is 11.3. The SMILES string of the molecule is Cc1ccc(C)n1NCC(=O)N(C)C. The summed E-state index contributed by atoms with van der Waals surface area (Å²) >= 11 is 0. The van der Waals surface area contributed by atoms with Crippen molar-refractivity contribution in [1.29, 1.82) is 0 Å². The Kier molecular flexibility index (Phi) is 3.17. The molecule has 0 saturated heterocycles. The lowest BCUT2D eigenvalue weighted by Crippen LogP contribution is -2.32. The second kappa shape index (κ2) is 4.17. The third kappa shape index (κ3) is 2.28. The first-order valence-corrected chi connectivity index (χ1v) is 4.61. The van der Waals surface area contributed by atoms with Gasteiger partial charge in [0, 0.05) is 25.5 Å². The molecule has 0 aromatic carbocycles. The third-order valence-electron chi connectivity index (χ3n) is 2.16. The first-order valence-electron chi connectivity index (χ1n) is 4.61. The fourth-order valence-electron chi connectivity index (χ4n) is 1.22. The lowest BCUT2D eigenvalue weighted by atomic mass is 10.5. The average molecular weight is 195 g/mol. The summed E-state index contributed by atoms with van der Waals surface area (Å²) in [6.07, 6.45) is 0. The molecule has 1 aromatic heterocycles. The van der Waals surface area contributed by atoms with E-state index in [1.807, 2.05) is 30.7 Å². The van der Waals surface area contributed by atoms with E-state index in [1.54, 1.807) is 19.0 Å². The van der Waals surface area contributed by atoms with Crippen molar-refractivity contribution in [2.24, 2.45) is 0 Å². The van der Waals surface area contributed by atoms with E-state index in [0.717, 1.165) is 11.4 Å². The van der Waals surface area contributed by atoms with Crippen LogP contribution in [0.25, 0.3) is 0 Å². The number of aromatic nitrogens is 1. The number of likely N-dealkylation sites (N-methyl/N-ethyl adjacent to an activating group) is 1. The highest BCUT2D eigenvalue weighted by atomic mass is 16.2. The molecule has 4 heteroatoms. The molecule has 0 spiro atoms. The van der Waals surface area contributed by atoms with Gasteiger partial charge in [0.1, 0.15) is 6.54 Å². The van der Waals surface area contributed by atoms with E-state index in [2.05, 4.69) is 5.43 Å². The first kappa shape index (κ1) is 10.6. The molecule has 0 atom stereocenters. The number of nitrogens with one attached hydrogen (secondary N) is 1. The Labute approximate surface area is 84.5 Å². The molecule has 0 aliphatic rings. The van der Waals surface area contributed by atoms with Crippen LogP contribution in [0.4, 0.5) is 0 Å². The van der Waals surface area contributed by atoms with E-state index in [-0.39, 0.29) is 5.91 Å². The number of aryl methyl sites for hydroxylation is 2. The van der Waals surface area contributed by atoms with Gasteiger partial charge in [0.15, 0.2) is 0 Å². The van der Waals surface area contributed by atoms with Crippen molar-refractivity contribution in [3.05, 3.63) is 23.5 Å². The summed E-state index contributed by atoms with van der Waals surface area (Å²) in [5.74, 6) is 0.0671. The van der Waals surface area contributed by atoms with Crippen LogP contribution in [0.5, 0.6) is 0 Å². The van der Waals surface area contributed by atoms with Crippen LogP contribution in [-0.4, -0.2) is 36.1 Å². The van der Waals surface area contributed by atoms with E-state index in [1.165, 1.54) is 0 Å². The van der Waals surface area contributed by atoms with Gasteiger partial charge >= 0.3 is 0 Å². The van der Waals surface area contributed by atoms with Crippen LogP contribution in [0.1, 0.15) is 11.4 Å². The number of rotatable bonds is 3. The Balaban J connectivity index is 2.58. The molecule has 14 heavy (non-hydrogen) atoms. The molecule has 1 aromatic rings. The van der Waals surface area contributed by atoms with Gasteiger partial charge in [-0.05, 0) is 26.0 Å². The molecule has 1 heterocycles. The van der Waals surface area contributed by atoms with Gasteiger partial charge in [-0.15, -0.1) is 0 Å². The highest BCUT2D eigenvalue weighted by molar-refractivity contribution is 5.78. The number of amides is 1. The van der Waals surface area contributed by atoms with Gasteiger partial charge in [0.2, 0.25) is 5.91 Å². The average Bonchev–Trinajstić information content (AvgIpc) is 2.43. The molecule has 1 amide bonds. The fourth-order valence-corrected chi connectivity index (χ4v) is 1.22. The van der Waals surface area contributed by atoms with Crippen LogP contribution in [0.3, 0.4) is 0 Å². The second-order valence-electron chi connectivity index (χ2n) is 3.57. The van der Waals surface area contributed by atoms with Crippen LogP contribution in [0, 0.1) is 13.8 Å². The highest BCUT2D eigenvalue weighted by Crippen LogP contribution is 2.03. The summed E-state index contributed by atoms with van der Waals surface area (Å²) in [7, 11) is 3.50. The molecule has 78 valence electrons. The van der Waals surface area contributed by atoms with Crippen molar-refractivity contribution < 1.29 is 4.79 Å². The van der Waals surface area contributed by atoms with E-state index in [9.17, 15) is 4.79 Å². The summed E-state index contributed by atoms with van der Waals surface area (Å²) in [6.45, 7) is 4.32. The Morgan fingerprint density at radius 2 is 1.86 bits per heavy atom. The molecule has 1 rings (SSSR count). The van der Waals surface area contributed by atoms with Crippen LogP contribution in [0.15, 0.2) is 12.1 Å².